The molecule has 0 saturated carbocycles. The molecule has 0 spiro atoms. The molecular weight excluding hydrogens is 160 g/mol. The first kappa shape index (κ1) is 13.6. The lowest BCUT2D eigenvalue weighted by atomic mass is 10.1. The van der Waals surface area contributed by atoms with Crippen LogP contribution in [0.15, 0.2) is 0 Å². The quantitative estimate of drug-likeness (QED) is 0.508. The fourth-order valence-electron chi connectivity index (χ4n) is 0.907. The highest BCUT2D eigenvalue weighted by Gasteiger charge is 2.25. The Hall–Kier alpha value is -0.970. The van der Waals surface area contributed by atoms with Crippen molar-refractivity contribution in [3.05, 3.63) is 10.1 Å². The van der Waals surface area contributed by atoms with Gasteiger partial charge in [0.1, 0.15) is 0 Å². The summed E-state index contributed by atoms with van der Waals surface area (Å²) in [6.07, 6.45) is 1.30. The summed E-state index contributed by atoms with van der Waals surface area (Å²) in [6, 6.07) is -0.977. The molecule has 0 heterocycles. The minimum Gasteiger partial charge on any atom is -0.344 e. The monoisotopic (exact) mass is 176 g/mol. The lowest BCUT2D eigenvalue weighted by Gasteiger charge is -2.03. The van der Waals surface area contributed by atoms with E-state index >= 15 is 0 Å². The summed E-state index contributed by atoms with van der Waals surface area (Å²) in [7, 11) is 0. The third kappa shape index (κ3) is 4.02. The van der Waals surface area contributed by atoms with Gasteiger partial charge in [0.05, 0.1) is 0 Å². The molecule has 0 aliphatic heterocycles. The van der Waals surface area contributed by atoms with Crippen LogP contribution in [0.25, 0.3) is 0 Å². The highest BCUT2D eigenvalue weighted by Crippen LogP contribution is 2.02. The standard InChI is InChI=1S/C7H13NO3.H3N/c1-3-5-7(9)6(4-2)8(10)11;/h6H,3-5H2,1-2H3;1H3. The molecule has 0 fully saturated rings. The third-order valence-corrected chi connectivity index (χ3v) is 1.51. The molecule has 0 amide bonds. The van der Waals surface area contributed by atoms with Gasteiger partial charge in [0, 0.05) is 17.8 Å². The average molecular weight is 176 g/mol. The van der Waals surface area contributed by atoms with Crippen molar-refractivity contribution in [1.29, 1.82) is 0 Å². The van der Waals surface area contributed by atoms with Crippen LogP contribution < -0.4 is 6.15 Å². The summed E-state index contributed by atoms with van der Waals surface area (Å²) in [5.41, 5.74) is 0. The summed E-state index contributed by atoms with van der Waals surface area (Å²) in [4.78, 5) is 20.7. The van der Waals surface area contributed by atoms with Crippen LogP contribution >= 0.6 is 0 Å². The number of Topliss-reactive ketones (excluding diaryl/α,β-unsaturated/α-hetero) is 1. The van der Waals surface area contributed by atoms with E-state index < -0.39 is 11.0 Å². The van der Waals surface area contributed by atoms with E-state index in [1.54, 1.807) is 6.92 Å². The van der Waals surface area contributed by atoms with Crippen molar-refractivity contribution in [3.8, 4) is 0 Å². The largest absolute Gasteiger partial charge is 0.344 e. The molecule has 3 N–H and O–H groups in total. The third-order valence-electron chi connectivity index (χ3n) is 1.51. The van der Waals surface area contributed by atoms with Crippen LogP contribution in [-0.2, 0) is 4.79 Å². The summed E-state index contributed by atoms with van der Waals surface area (Å²) in [5.74, 6) is -0.250. The number of ketones is 1. The average Bonchev–Trinajstić information content (AvgIpc) is 1.88. The van der Waals surface area contributed by atoms with Crippen molar-refractivity contribution in [2.24, 2.45) is 0 Å². The van der Waals surface area contributed by atoms with Gasteiger partial charge in [-0.2, -0.15) is 0 Å². The molecule has 0 aliphatic carbocycles. The van der Waals surface area contributed by atoms with Gasteiger partial charge in [-0.05, 0) is 6.42 Å². The molecule has 5 nitrogen and oxygen atoms in total. The Morgan fingerprint density at radius 2 is 2.00 bits per heavy atom. The van der Waals surface area contributed by atoms with Crippen LogP contribution in [0.5, 0.6) is 0 Å². The van der Waals surface area contributed by atoms with Crippen LogP contribution in [0.3, 0.4) is 0 Å². The second kappa shape index (κ2) is 6.72. The van der Waals surface area contributed by atoms with Crippen molar-refractivity contribution in [2.75, 3.05) is 0 Å². The molecule has 1 atom stereocenters. The van der Waals surface area contributed by atoms with E-state index in [0.717, 1.165) is 0 Å². The summed E-state index contributed by atoms with van der Waals surface area (Å²) >= 11 is 0. The molecule has 0 aromatic heterocycles. The topological polar surface area (TPSA) is 95.2 Å². The van der Waals surface area contributed by atoms with Crippen LogP contribution in [0.2, 0.25) is 0 Å². The van der Waals surface area contributed by atoms with Gasteiger partial charge in [0.15, 0.2) is 0 Å². The van der Waals surface area contributed by atoms with E-state index in [9.17, 15) is 14.9 Å². The van der Waals surface area contributed by atoms with Crippen molar-refractivity contribution in [1.82, 2.24) is 6.15 Å². The maximum Gasteiger partial charge on any atom is 0.270 e. The van der Waals surface area contributed by atoms with Gasteiger partial charge in [-0.25, -0.2) is 0 Å². The molecule has 72 valence electrons. The predicted molar refractivity (Wildman–Crippen MR) is 46.0 cm³/mol. The van der Waals surface area contributed by atoms with E-state index in [1.165, 1.54) is 0 Å². The number of hydrogen-bond donors (Lipinski definition) is 1. The maximum absolute atomic E-state index is 11.0. The summed E-state index contributed by atoms with van der Waals surface area (Å²) in [5, 5.41) is 10.2. The molecule has 0 bridgehead atoms. The van der Waals surface area contributed by atoms with Crippen LogP contribution in [0, 0.1) is 10.1 Å². The smallest absolute Gasteiger partial charge is 0.270 e. The number of nitrogens with zero attached hydrogens (tertiary/aromatic N) is 1. The van der Waals surface area contributed by atoms with Crippen molar-refractivity contribution >= 4 is 5.78 Å². The molecule has 0 aromatic carbocycles. The fourth-order valence-corrected chi connectivity index (χ4v) is 0.907. The molecule has 0 radical (unpaired) electrons. The Labute approximate surface area is 71.9 Å². The Morgan fingerprint density at radius 3 is 2.25 bits per heavy atom. The van der Waals surface area contributed by atoms with Gasteiger partial charge in [-0.3, -0.25) is 14.9 Å². The minimum absolute atomic E-state index is 0. The Morgan fingerprint density at radius 1 is 1.50 bits per heavy atom. The van der Waals surface area contributed by atoms with Crippen LogP contribution in [-0.4, -0.2) is 16.7 Å². The van der Waals surface area contributed by atoms with Gasteiger partial charge in [0.25, 0.3) is 6.04 Å². The van der Waals surface area contributed by atoms with Crippen molar-refractivity contribution < 1.29 is 9.72 Å². The lowest BCUT2D eigenvalue weighted by molar-refractivity contribution is -0.507. The summed E-state index contributed by atoms with van der Waals surface area (Å²) < 4.78 is 0. The zero-order valence-electron chi connectivity index (χ0n) is 7.58. The molecule has 5 heteroatoms. The first-order valence-corrected chi connectivity index (χ1v) is 3.79. The van der Waals surface area contributed by atoms with E-state index in [4.69, 9.17) is 0 Å². The van der Waals surface area contributed by atoms with Gasteiger partial charge >= 0.3 is 0 Å². The molecule has 0 aliphatic rings. The number of nitro groups is 1. The molecule has 12 heavy (non-hydrogen) atoms. The highest BCUT2D eigenvalue weighted by molar-refractivity contribution is 5.82. The zero-order chi connectivity index (χ0) is 8.85. The van der Waals surface area contributed by atoms with E-state index in [2.05, 4.69) is 0 Å². The number of carbonyl (C=O) groups excluding carboxylic acids is 1. The minimum atomic E-state index is -0.977. The Balaban J connectivity index is 0. The maximum atomic E-state index is 11.0. The summed E-state index contributed by atoms with van der Waals surface area (Å²) in [6.45, 7) is 3.49. The highest BCUT2D eigenvalue weighted by atomic mass is 16.6. The first-order valence-electron chi connectivity index (χ1n) is 3.79. The normalized spacial score (nSPS) is 11.5. The van der Waals surface area contributed by atoms with Gasteiger partial charge in [-0.1, -0.05) is 13.8 Å². The second-order valence-corrected chi connectivity index (χ2v) is 2.43. The van der Waals surface area contributed by atoms with E-state index in [1.807, 2.05) is 6.92 Å². The Kier molecular flexibility index (Phi) is 7.62. The number of rotatable bonds is 5. The SMILES string of the molecule is CCCC(=O)C(CC)[N+](=O)[O-].N. The van der Waals surface area contributed by atoms with Gasteiger partial charge in [0.2, 0.25) is 5.78 Å². The fraction of sp³-hybridized carbons (Fsp3) is 0.857. The van der Waals surface area contributed by atoms with Crippen molar-refractivity contribution in [2.45, 2.75) is 39.2 Å². The van der Waals surface area contributed by atoms with Gasteiger partial charge in [-0.15, -0.1) is 0 Å². The molecule has 0 rings (SSSR count). The van der Waals surface area contributed by atoms with E-state index in [0.29, 0.717) is 19.3 Å². The second-order valence-electron chi connectivity index (χ2n) is 2.43. The van der Waals surface area contributed by atoms with Crippen LogP contribution in [0.4, 0.5) is 0 Å². The van der Waals surface area contributed by atoms with Crippen LogP contribution in [0.1, 0.15) is 33.1 Å². The molecule has 0 aromatic rings. The number of hydrogen-bond acceptors (Lipinski definition) is 4. The van der Waals surface area contributed by atoms with Crippen molar-refractivity contribution in [3.63, 3.8) is 0 Å². The molecule has 1 unspecified atom stereocenters. The van der Waals surface area contributed by atoms with Gasteiger partial charge < -0.3 is 6.15 Å². The van der Waals surface area contributed by atoms with E-state index in [-0.39, 0.29) is 11.9 Å². The molecule has 0 saturated heterocycles. The lowest BCUT2D eigenvalue weighted by Crippen LogP contribution is -2.28. The Bertz CT molecular complexity index is 159. The zero-order valence-corrected chi connectivity index (χ0v) is 7.58. The predicted octanol–water partition coefficient (Wildman–Crippen LogP) is 1.57. The first-order chi connectivity index (χ1) is 5.13. The number of carbonyl (C=O) groups is 1. The molecular formula is C7H16N2O3.